The number of carbonyl (C=O) groups is 1. The number of nitrogens with two attached hydrogens (primary N) is 1. The highest BCUT2D eigenvalue weighted by Crippen LogP contribution is 2.25. The summed E-state index contributed by atoms with van der Waals surface area (Å²) < 4.78 is 5.22. The molecule has 1 amide bonds. The van der Waals surface area contributed by atoms with Gasteiger partial charge in [-0.25, -0.2) is 0 Å². The van der Waals surface area contributed by atoms with E-state index in [0.717, 1.165) is 31.6 Å². The number of ether oxygens (including phenoxy) is 1. The van der Waals surface area contributed by atoms with Gasteiger partial charge in [0.15, 0.2) is 0 Å². The van der Waals surface area contributed by atoms with Gasteiger partial charge in [-0.05, 0) is 44.0 Å². The number of benzene rings is 1. The minimum atomic E-state index is 0.106. The Morgan fingerprint density at radius 1 is 1.33 bits per heavy atom. The molecule has 0 heterocycles. The molecule has 2 rings (SSSR count). The van der Waals surface area contributed by atoms with Crippen LogP contribution >= 0.6 is 0 Å². The standard InChI is InChI=1S/C17H26N2O2/c1-21-16-10-5-7-14(13-16)17(20)19(12-6-11-18)15-8-3-2-4-9-15/h5,7,10,13,15H,2-4,6,8-9,11-12,18H2,1H3. The number of hydrogen-bond acceptors (Lipinski definition) is 3. The van der Waals surface area contributed by atoms with Crippen LogP contribution in [0.4, 0.5) is 0 Å². The van der Waals surface area contributed by atoms with Crippen LogP contribution in [0.3, 0.4) is 0 Å². The van der Waals surface area contributed by atoms with Crippen molar-refractivity contribution in [1.29, 1.82) is 0 Å². The summed E-state index contributed by atoms with van der Waals surface area (Å²) in [7, 11) is 1.62. The monoisotopic (exact) mass is 290 g/mol. The average Bonchev–Trinajstić information content (AvgIpc) is 2.56. The maximum absolute atomic E-state index is 12.8. The number of nitrogens with zero attached hydrogens (tertiary/aromatic N) is 1. The zero-order chi connectivity index (χ0) is 15.1. The molecule has 1 aliphatic rings. The molecule has 1 saturated carbocycles. The lowest BCUT2D eigenvalue weighted by Crippen LogP contribution is -2.42. The van der Waals surface area contributed by atoms with Crippen LogP contribution in [0.25, 0.3) is 0 Å². The van der Waals surface area contributed by atoms with Gasteiger partial charge in [0.25, 0.3) is 5.91 Å². The van der Waals surface area contributed by atoms with Crippen molar-refractivity contribution < 1.29 is 9.53 Å². The number of methoxy groups -OCH3 is 1. The zero-order valence-electron chi connectivity index (χ0n) is 12.9. The summed E-state index contributed by atoms with van der Waals surface area (Å²) in [5, 5.41) is 0. The molecule has 0 bridgehead atoms. The SMILES string of the molecule is COc1cccc(C(=O)N(CCCN)C2CCCCC2)c1. The number of amides is 1. The van der Waals surface area contributed by atoms with Crippen molar-refractivity contribution in [2.75, 3.05) is 20.2 Å². The molecule has 0 saturated heterocycles. The topological polar surface area (TPSA) is 55.6 Å². The summed E-state index contributed by atoms with van der Waals surface area (Å²) in [4.78, 5) is 14.9. The highest BCUT2D eigenvalue weighted by Gasteiger charge is 2.25. The third-order valence-electron chi connectivity index (χ3n) is 4.20. The van der Waals surface area contributed by atoms with E-state index in [9.17, 15) is 4.79 Å². The quantitative estimate of drug-likeness (QED) is 0.876. The van der Waals surface area contributed by atoms with Crippen molar-refractivity contribution in [2.24, 2.45) is 5.73 Å². The smallest absolute Gasteiger partial charge is 0.254 e. The molecule has 4 heteroatoms. The summed E-state index contributed by atoms with van der Waals surface area (Å²) >= 11 is 0. The summed E-state index contributed by atoms with van der Waals surface area (Å²) in [5.74, 6) is 0.831. The van der Waals surface area contributed by atoms with E-state index in [1.165, 1.54) is 19.3 Å². The Hall–Kier alpha value is -1.55. The molecule has 2 N–H and O–H groups in total. The molecule has 1 aromatic rings. The molecule has 1 fully saturated rings. The van der Waals surface area contributed by atoms with Crippen LogP contribution in [-0.4, -0.2) is 37.0 Å². The van der Waals surface area contributed by atoms with Gasteiger partial charge in [0.2, 0.25) is 0 Å². The molecular weight excluding hydrogens is 264 g/mol. The Morgan fingerprint density at radius 2 is 2.10 bits per heavy atom. The van der Waals surface area contributed by atoms with Gasteiger partial charge in [0, 0.05) is 18.2 Å². The molecule has 0 aliphatic heterocycles. The molecule has 116 valence electrons. The van der Waals surface area contributed by atoms with Crippen molar-refractivity contribution in [3.63, 3.8) is 0 Å². The number of hydrogen-bond donors (Lipinski definition) is 1. The molecule has 0 spiro atoms. The molecule has 21 heavy (non-hydrogen) atoms. The highest BCUT2D eigenvalue weighted by molar-refractivity contribution is 5.94. The predicted molar refractivity (Wildman–Crippen MR) is 84.6 cm³/mol. The van der Waals surface area contributed by atoms with Gasteiger partial charge in [-0.1, -0.05) is 25.3 Å². The number of rotatable bonds is 6. The summed E-state index contributed by atoms with van der Waals surface area (Å²) in [6.45, 7) is 1.37. The molecule has 1 aromatic carbocycles. The molecule has 4 nitrogen and oxygen atoms in total. The summed E-state index contributed by atoms with van der Waals surface area (Å²) in [6.07, 6.45) is 6.80. The van der Waals surface area contributed by atoms with Crippen molar-refractivity contribution in [1.82, 2.24) is 4.90 Å². The molecule has 0 radical (unpaired) electrons. The van der Waals surface area contributed by atoms with Crippen molar-refractivity contribution in [3.8, 4) is 5.75 Å². The van der Waals surface area contributed by atoms with Crippen LogP contribution in [0.1, 0.15) is 48.9 Å². The highest BCUT2D eigenvalue weighted by atomic mass is 16.5. The molecule has 0 unspecified atom stereocenters. The Labute approximate surface area is 127 Å². The van der Waals surface area contributed by atoms with Crippen LogP contribution in [0.15, 0.2) is 24.3 Å². The Balaban J connectivity index is 2.15. The van der Waals surface area contributed by atoms with Gasteiger partial charge in [-0.3, -0.25) is 4.79 Å². The van der Waals surface area contributed by atoms with Crippen molar-refractivity contribution in [2.45, 2.75) is 44.6 Å². The van der Waals surface area contributed by atoms with Crippen LogP contribution < -0.4 is 10.5 Å². The van der Waals surface area contributed by atoms with E-state index in [2.05, 4.69) is 0 Å². The minimum Gasteiger partial charge on any atom is -0.497 e. The second kappa shape index (κ2) is 8.03. The molecule has 0 atom stereocenters. The fourth-order valence-corrected chi connectivity index (χ4v) is 3.03. The van der Waals surface area contributed by atoms with E-state index in [0.29, 0.717) is 18.2 Å². The van der Waals surface area contributed by atoms with Crippen LogP contribution in [0, 0.1) is 0 Å². The van der Waals surface area contributed by atoms with Gasteiger partial charge < -0.3 is 15.4 Å². The van der Waals surface area contributed by atoms with Crippen molar-refractivity contribution >= 4 is 5.91 Å². The lowest BCUT2D eigenvalue weighted by Gasteiger charge is -2.34. The summed E-state index contributed by atoms with van der Waals surface area (Å²) in [5.41, 5.74) is 6.34. The number of carbonyl (C=O) groups excluding carboxylic acids is 1. The maximum atomic E-state index is 12.8. The summed E-state index contributed by atoms with van der Waals surface area (Å²) in [6, 6.07) is 7.78. The average molecular weight is 290 g/mol. The Kier molecular flexibility index (Phi) is 6.05. The Morgan fingerprint density at radius 3 is 2.76 bits per heavy atom. The predicted octanol–water partition coefficient (Wildman–Crippen LogP) is 2.82. The zero-order valence-corrected chi connectivity index (χ0v) is 12.9. The van der Waals surface area contributed by atoms with Crippen LogP contribution in [0.5, 0.6) is 5.75 Å². The van der Waals surface area contributed by atoms with Gasteiger partial charge >= 0.3 is 0 Å². The third-order valence-corrected chi connectivity index (χ3v) is 4.20. The Bertz CT molecular complexity index is 456. The fraction of sp³-hybridized carbons (Fsp3) is 0.588. The van der Waals surface area contributed by atoms with Gasteiger partial charge in [0.1, 0.15) is 5.75 Å². The fourth-order valence-electron chi connectivity index (χ4n) is 3.03. The van der Waals surface area contributed by atoms with E-state index in [4.69, 9.17) is 10.5 Å². The lowest BCUT2D eigenvalue weighted by atomic mass is 9.93. The second-order valence-corrected chi connectivity index (χ2v) is 5.66. The van der Waals surface area contributed by atoms with E-state index in [-0.39, 0.29) is 5.91 Å². The largest absolute Gasteiger partial charge is 0.497 e. The van der Waals surface area contributed by atoms with Crippen LogP contribution in [-0.2, 0) is 0 Å². The lowest BCUT2D eigenvalue weighted by molar-refractivity contribution is 0.0632. The molecule has 1 aliphatic carbocycles. The third kappa shape index (κ3) is 4.21. The van der Waals surface area contributed by atoms with Crippen LogP contribution in [0.2, 0.25) is 0 Å². The van der Waals surface area contributed by atoms with E-state index in [1.54, 1.807) is 7.11 Å². The first-order chi connectivity index (χ1) is 10.3. The second-order valence-electron chi connectivity index (χ2n) is 5.66. The van der Waals surface area contributed by atoms with E-state index in [1.807, 2.05) is 29.2 Å². The molecular formula is C17H26N2O2. The van der Waals surface area contributed by atoms with E-state index >= 15 is 0 Å². The normalized spacial score (nSPS) is 15.7. The first-order valence-electron chi connectivity index (χ1n) is 7.91. The van der Waals surface area contributed by atoms with Gasteiger partial charge in [-0.15, -0.1) is 0 Å². The van der Waals surface area contributed by atoms with Crippen molar-refractivity contribution in [3.05, 3.63) is 29.8 Å². The first kappa shape index (κ1) is 15.8. The van der Waals surface area contributed by atoms with Gasteiger partial charge in [-0.2, -0.15) is 0 Å². The van der Waals surface area contributed by atoms with E-state index < -0.39 is 0 Å². The first-order valence-corrected chi connectivity index (χ1v) is 7.91. The van der Waals surface area contributed by atoms with Gasteiger partial charge in [0.05, 0.1) is 7.11 Å². The maximum Gasteiger partial charge on any atom is 0.254 e. The minimum absolute atomic E-state index is 0.106. The molecule has 0 aromatic heterocycles.